The quantitative estimate of drug-likeness (QED) is 0.577. The maximum atomic E-state index is 9.89. The molecule has 18 heavy (non-hydrogen) atoms. The molecule has 0 unspecified atom stereocenters. The first kappa shape index (κ1) is 15.0. The maximum absolute atomic E-state index is 9.89. The van der Waals surface area contributed by atoms with Gasteiger partial charge in [0.05, 0.1) is 5.60 Å². The monoisotopic (exact) mass is 313 g/mol. The Bertz CT molecular complexity index is 440. The third-order valence-corrected chi connectivity index (χ3v) is 3.22. The van der Waals surface area contributed by atoms with Crippen LogP contribution in [0, 0.1) is 5.41 Å². The summed E-state index contributed by atoms with van der Waals surface area (Å²) in [6.45, 7) is 6.97. The molecule has 0 aliphatic heterocycles. The number of nitrogens with zero attached hydrogens (tertiary/aromatic N) is 1. The second-order valence-electron chi connectivity index (χ2n) is 4.90. The van der Waals surface area contributed by atoms with Gasteiger partial charge in [0.25, 0.3) is 0 Å². The van der Waals surface area contributed by atoms with E-state index in [1.54, 1.807) is 13.8 Å². The molecule has 5 heteroatoms. The zero-order valence-corrected chi connectivity index (χ0v) is 12.6. The lowest BCUT2D eigenvalue weighted by molar-refractivity contribution is 0.0876. The highest BCUT2D eigenvalue weighted by Crippen LogP contribution is 2.25. The van der Waals surface area contributed by atoms with Gasteiger partial charge in [0, 0.05) is 28.8 Å². The Morgan fingerprint density at radius 3 is 2.50 bits per heavy atom. The number of anilines is 1. The summed E-state index contributed by atoms with van der Waals surface area (Å²) in [6.07, 6.45) is 0. The molecule has 0 aliphatic rings. The van der Waals surface area contributed by atoms with Gasteiger partial charge in [-0.3, -0.25) is 5.41 Å². The number of likely N-dealkylation sites (N-methyl/N-ethyl adjacent to an activating group) is 1. The van der Waals surface area contributed by atoms with Crippen LogP contribution in [0.1, 0.15) is 26.3 Å². The third-order valence-electron chi connectivity index (χ3n) is 2.57. The molecule has 1 rings (SSSR count). The molecule has 4 N–H and O–H groups in total. The molecule has 0 amide bonds. The predicted octanol–water partition coefficient (Wildman–Crippen LogP) is 2.33. The van der Waals surface area contributed by atoms with Crippen molar-refractivity contribution in [2.24, 2.45) is 5.73 Å². The van der Waals surface area contributed by atoms with Crippen molar-refractivity contribution in [3.63, 3.8) is 0 Å². The molecule has 0 atom stereocenters. The van der Waals surface area contributed by atoms with Crippen molar-refractivity contribution in [1.82, 2.24) is 0 Å². The van der Waals surface area contributed by atoms with Gasteiger partial charge >= 0.3 is 0 Å². The summed E-state index contributed by atoms with van der Waals surface area (Å²) >= 11 is 3.41. The van der Waals surface area contributed by atoms with Gasteiger partial charge in [-0.2, -0.15) is 0 Å². The minimum absolute atomic E-state index is 0.0407. The van der Waals surface area contributed by atoms with E-state index in [2.05, 4.69) is 20.8 Å². The third kappa shape index (κ3) is 3.99. The fourth-order valence-corrected chi connectivity index (χ4v) is 2.35. The van der Waals surface area contributed by atoms with Crippen molar-refractivity contribution in [1.29, 1.82) is 5.41 Å². The van der Waals surface area contributed by atoms with Gasteiger partial charge in [-0.05, 0) is 54.9 Å². The number of hydrogen-bond donors (Lipinski definition) is 3. The van der Waals surface area contributed by atoms with Crippen LogP contribution < -0.4 is 10.6 Å². The fraction of sp³-hybridized carbons (Fsp3) is 0.462. The van der Waals surface area contributed by atoms with Crippen molar-refractivity contribution in [2.45, 2.75) is 26.4 Å². The molecule has 0 aliphatic carbocycles. The fourth-order valence-electron chi connectivity index (χ4n) is 1.77. The van der Waals surface area contributed by atoms with E-state index in [1.165, 1.54) is 0 Å². The van der Waals surface area contributed by atoms with Crippen molar-refractivity contribution < 1.29 is 5.11 Å². The number of halogens is 1. The molecule has 0 spiro atoms. The molecular weight excluding hydrogens is 294 g/mol. The van der Waals surface area contributed by atoms with Crippen LogP contribution in [0.25, 0.3) is 0 Å². The number of rotatable bonds is 5. The summed E-state index contributed by atoms with van der Waals surface area (Å²) in [5.41, 5.74) is 6.40. The lowest BCUT2D eigenvalue weighted by atomic mass is 10.1. The lowest BCUT2D eigenvalue weighted by Gasteiger charge is -2.30. The van der Waals surface area contributed by atoms with Crippen LogP contribution in [0.2, 0.25) is 0 Å². The standard InChI is InChI=1S/C13H20BrN3O/c1-4-17(8-13(2,3)18)9-5-6-10(12(15)16)11(14)7-9/h5-7,18H,4,8H2,1-3H3,(H3,15,16). The molecule has 0 bridgehead atoms. The maximum Gasteiger partial charge on any atom is 0.123 e. The number of hydrogen-bond acceptors (Lipinski definition) is 3. The van der Waals surface area contributed by atoms with Crippen LogP contribution in [-0.2, 0) is 0 Å². The number of benzene rings is 1. The van der Waals surface area contributed by atoms with Crippen LogP contribution in [-0.4, -0.2) is 29.6 Å². The van der Waals surface area contributed by atoms with E-state index < -0.39 is 5.60 Å². The van der Waals surface area contributed by atoms with E-state index in [0.717, 1.165) is 16.7 Å². The summed E-state index contributed by atoms with van der Waals surface area (Å²) < 4.78 is 0.793. The highest BCUT2D eigenvalue weighted by molar-refractivity contribution is 9.10. The first-order chi connectivity index (χ1) is 8.24. The van der Waals surface area contributed by atoms with Gasteiger partial charge in [-0.1, -0.05) is 0 Å². The van der Waals surface area contributed by atoms with Gasteiger partial charge < -0.3 is 15.7 Å². The Morgan fingerprint density at radius 1 is 1.50 bits per heavy atom. The summed E-state index contributed by atoms with van der Waals surface area (Å²) in [5.74, 6) is 0.0407. The molecule has 1 aromatic carbocycles. The number of nitrogens with two attached hydrogens (primary N) is 1. The minimum atomic E-state index is -0.748. The summed E-state index contributed by atoms with van der Waals surface area (Å²) in [5, 5.41) is 17.3. The smallest absolute Gasteiger partial charge is 0.123 e. The Hall–Kier alpha value is -1.07. The molecule has 0 saturated carbocycles. The molecule has 0 radical (unpaired) electrons. The highest BCUT2D eigenvalue weighted by Gasteiger charge is 2.18. The van der Waals surface area contributed by atoms with Gasteiger partial charge in [-0.15, -0.1) is 0 Å². The molecule has 0 heterocycles. The van der Waals surface area contributed by atoms with Crippen LogP contribution in [0.4, 0.5) is 5.69 Å². The van der Waals surface area contributed by atoms with Crippen molar-refractivity contribution in [2.75, 3.05) is 18.0 Å². The van der Waals surface area contributed by atoms with Crippen molar-refractivity contribution in [3.05, 3.63) is 28.2 Å². The molecule has 1 aromatic rings. The SMILES string of the molecule is CCN(CC(C)(C)O)c1ccc(C(=N)N)c(Br)c1. The second kappa shape index (κ2) is 5.71. The first-order valence-corrected chi connectivity index (χ1v) is 6.65. The second-order valence-corrected chi connectivity index (χ2v) is 5.76. The highest BCUT2D eigenvalue weighted by atomic mass is 79.9. The lowest BCUT2D eigenvalue weighted by Crippen LogP contribution is -2.38. The van der Waals surface area contributed by atoms with E-state index in [9.17, 15) is 5.11 Å². The minimum Gasteiger partial charge on any atom is -0.389 e. The molecule has 0 aromatic heterocycles. The van der Waals surface area contributed by atoms with Crippen LogP contribution >= 0.6 is 15.9 Å². The van der Waals surface area contributed by atoms with Crippen molar-refractivity contribution >= 4 is 27.5 Å². The van der Waals surface area contributed by atoms with E-state index >= 15 is 0 Å². The number of amidine groups is 1. The molecule has 100 valence electrons. The van der Waals surface area contributed by atoms with Crippen LogP contribution in [0.3, 0.4) is 0 Å². The Morgan fingerprint density at radius 2 is 2.11 bits per heavy atom. The summed E-state index contributed by atoms with van der Waals surface area (Å²) in [4.78, 5) is 2.08. The predicted molar refractivity (Wildman–Crippen MR) is 79.3 cm³/mol. The van der Waals surface area contributed by atoms with Crippen LogP contribution in [0.5, 0.6) is 0 Å². The number of aliphatic hydroxyl groups is 1. The van der Waals surface area contributed by atoms with Crippen LogP contribution in [0.15, 0.2) is 22.7 Å². The van der Waals surface area contributed by atoms with E-state index in [0.29, 0.717) is 12.1 Å². The van der Waals surface area contributed by atoms with Gasteiger partial charge in [0.1, 0.15) is 5.84 Å². The van der Waals surface area contributed by atoms with Gasteiger partial charge in [-0.25, -0.2) is 0 Å². The van der Waals surface area contributed by atoms with E-state index in [-0.39, 0.29) is 5.84 Å². The van der Waals surface area contributed by atoms with E-state index in [4.69, 9.17) is 11.1 Å². The first-order valence-electron chi connectivity index (χ1n) is 5.86. The number of nitrogen functional groups attached to an aromatic ring is 1. The van der Waals surface area contributed by atoms with Gasteiger partial charge in [0.15, 0.2) is 0 Å². The summed E-state index contributed by atoms with van der Waals surface area (Å²) in [6, 6.07) is 5.65. The normalized spacial score (nSPS) is 11.4. The molecule has 0 saturated heterocycles. The zero-order valence-electron chi connectivity index (χ0n) is 11.0. The average Bonchev–Trinajstić information content (AvgIpc) is 2.24. The number of nitrogens with one attached hydrogen (secondary N) is 1. The largest absolute Gasteiger partial charge is 0.389 e. The molecule has 4 nitrogen and oxygen atoms in total. The molecule has 0 fully saturated rings. The Labute approximate surface area is 116 Å². The van der Waals surface area contributed by atoms with Crippen molar-refractivity contribution in [3.8, 4) is 0 Å². The topological polar surface area (TPSA) is 73.3 Å². The average molecular weight is 314 g/mol. The zero-order chi connectivity index (χ0) is 13.9. The summed E-state index contributed by atoms with van der Waals surface area (Å²) in [7, 11) is 0. The Kier molecular flexibility index (Phi) is 4.76. The van der Waals surface area contributed by atoms with Gasteiger partial charge in [0.2, 0.25) is 0 Å². The Balaban J connectivity index is 3.01. The molecular formula is C13H20BrN3O. The van der Waals surface area contributed by atoms with E-state index in [1.807, 2.05) is 25.1 Å².